The SMILES string of the molecule is CCOC(=O)c1ccc(NC(=O)CN2C(=O)N/C(=C\c3ccc(O)c(OC)c3)C2=O)cc1. The fraction of sp³-hybridized carbons (Fsp3) is 0.182. The Kier molecular flexibility index (Phi) is 6.74. The quantitative estimate of drug-likeness (QED) is 0.342. The van der Waals surface area contributed by atoms with Gasteiger partial charge in [0.05, 0.1) is 19.3 Å². The van der Waals surface area contributed by atoms with E-state index < -0.39 is 30.4 Å². The van der Waals surface area contributed by atoms with Crippen molar-refractivity contribution >= 4 is 35.6 Å². The van der Waals surface area contributed by atoms with Crippen molar-refractivity contribution in [3.05, 3.63) is 59.3 Å². The van der Waals surface area contributed by atoms with Crippen LogP contribution in [0.2, 0.25) is 0 Å². The van der Waals surface area contributed by atoms with Crippen molar-refractivity contribution in [3.63, 3.8) is 0 Å². The molecule has 0 atom stereocenters. The molecule has 4 amide bonds. The molecule has 1 aliphatic rings. The smallest absolute Gasteiger partial charge is 0.338 e. The number of phenolic OH excluding ortho intramolecular Hbond substituents is 1. The highest BCUT2D eigenvalue weighted by molar-refractivity contribution is 6.16. The molecule has 1 heterocycles. The van der Waals surface area contributed by atoms with E-state index in [1.54, 1.807) is 13.0 Å². The summed E-state index contributed by atoms with van der Waals surface area (Å²) in [6, 6.07) is 9.71. The molecule has 2 aromatic carbocycles. The first-order chi connectivity index (χ1) is 15.3. The number of esters is 1. The number of carbonyl (C=O) groups is 4. The molecule has 2 aromatic rings. The second kappa shape index (κ2) is 9.65. The highest BCUT2D eigenvalue weighted by Gasteiger charge is 2.35. The Morgan fingerprint density at radius 1 is 1.16 bits per heavy atom. The summed E-state index contributed by atoms with van der Waals surface area (Å²) in [7, 11) is 1.39. The lowest BCUT2D eigenvalue weighted by atomic mass is 10.1. The van der Waals surface area contributed by atoms with Crippen molar-refractivity contribution in [1.29, 1.82) is 0 Å². The van der Waals surface area contributed by atoms with Crippen LogP contribution in [0.15, 0.2) is 48.2 Å². The number of anilines is 1. The molecule has 3 rings (SSSR count). The van der Waals surface area contributed by atoms with E-state index in [-0.39, 0.29) is 23.8 Å². The Bertz CT molecular complexity index is 1090. The summed E-state index contributed by atoms with van der Waals surface area (Å²) in [6.07, 6.45) is 1.41. The molecule has 0 saturated carbocycles. The van der Waals surface area contributed by atoms with Crippen LogP contribution in [-0.4, -0.2) is 54.1 Å². The van der Waals surface area contributed by atoms with E-state index in [1.807, 2.05) is 0 Å². The molecule has 1 saturated heterocycles. The number of methoxy groups -OCH3 is 1. The first-order valence-electron chi connectivity index (χ1n) is 9.61. The van der Waals surface area contributed by atoms with Crippen molar-refractivity contribution in [2.24, 2.45) is 0 Å². The van der Waals surface area contributed by atoms with Crippen molar-refractivity contribution in [2.45, 2.75) is 6.92 Å². The number of hydrogen-bond donors (Lipinski definition) is 3. The first kappa shape index (κ1) is 22.3. The molecule has 1 aliphatic heterocycles. The fourth-order valence-electron chi connectivity index (χ4n) is 2.91. The van der Waals surface area contributed by atoms with Gasteiger partial charge in [-0.05, 0) is 55.0 Å². The van der Waals surface area contributed by atoms with Gasteiger partial charge >= 0.3 is 12.0 Å². The van der Waals surface area contributed by atoms with Gasteiger partial charge in [0.25, 0.3) is 5.91 Å². The Morgan fingerprint density at radius 2 is 1.88 bits per heavy atom. The minimum atomic E-state index is -0.736. The van der Waals surface area contributed by atoms with Crippen LogP contribution in [0.3, 0.4) is 0 Å². The fourth-order valence-corrected chi connectivity index (χ4v) is 2.91. The van der Waals surface area contributed by atoms with Crippen LogP contribution in [-0.2, 0) is 14.3 Å². The zero-order valence-electron chi connectivity index (χ0n) is 17.4. The van der Waals surface area contributed by atoms with E-state index in [0.29, 0.717) is 16.8 Å². The van der Waals surface area contributed by atoms with E-state index in [2.05, 4.69) is 10.6 Å². The predicted octanol–water partition coefficient (Wildman–Crippen LogP) is 2.11. The van der Waals surface area contributed by atoms with Crippen LogP contribution in [0.25, 0.3) is 6.08 Å². The van der Waals surface area contributed by atoms with Gasteiger partial charge in [-0.15, -0.1) is 0 Å². The molecule has 166 valence electrons. The number of nitrogens with zero attached hydrogens (tertiary/aromatic N) is 1. The highest BCUT2D eigenvalue weighted by atomic mass is 16.5. The number of benzene rings is 2. The number of nitrogens with one attached hydrogen (secondary N) is 2. The van der Waals surface area contributed by atoms with Gasteiger partial charge < -0.3 is 25.2 Å². The number of imide groups is 1. The van der Waals surface area contributed by atoms with Gasteiger partial charge in [-0.2, -0.15) is 0 Å². The number of phenols is 1. The maximum Gasteiger partial charge on any atom is 0.338 e. The summed E-state index contributed by atoms with van der Waals surface area (Å²) in [6.45, 7) is 1.45. The Hall–Kier alpha value is -4.34. The Labute approximate surface area is 183 Å². The molecule has 0 aromatic heterocycles. The van der Waals surface area contributed by atoms with Crippen LogP contribution < -0.4 is 15.4 Å². The maximum atomic E-state index is 12.6. The molecule has 0 spiro atoms. The second-order valence-corrected chi connectivity index (χ2v) is 6.66. The third kappa shape index (κ3) is 5.04. The number of aromatic hydroxyl groups is 1. The van der Waals surface area contributed by atoms with Gasteiger partial charge in [0.2, 0.25) is 5.91 Å². The molecule has 1 fully saturated rings. The average molecular weight is 439 g/mol. The summed E-state index contributed by atoms with van der Waals surface area (Å²) in [4.78, 5) is 49.5. The normalized spacial score (nSPS) is 14.3. The number of hydrogen-bond acceptors (Lipinski definition) is 7. The average Bonchev–Trinajstić information content (AvgIpc) is 3.03. The van der Waals surface area contributed by atoms with Crippen LogP contribution in [0, 0.1) is 0 Å². The Morgan fingerprint density at radius 3 is 2.53 bits per heavy atom. The Balaban J connectivity index is 1.65. The second-order valence-electron chi connectivity index (χ2n) is 6.66. The van der Waals surface area contributed by atoms with Gasteiger partial charge in [-0.1, -0.05) is 6.07 Å². The number of amides is 4. The topological polar surface area (TPSA) is 134 Å². The third-order valence-corrected chi connectivity index (χ3v) is 4.46. The number of rotatable bonds is 7. The standard InChI is InChI=1S/C22H21N3O7/c1-3-32-21(29)14-5-7-15(8-6-14)23-19(27)12-25-20(28)16(24-22(25)30)10-13-4-9-17(26)18(11-13)31-2/h4-11,26H,3,12H2,1-2H3,(H,23,27)(H,24,30)/b16-10-. The third-order valence-electron chi connectivity index (χ3n) is 4.46. The molecular weight excluding hydrogens is 418 g/mol. The molecule has 32 heavy (non-hydrogen) atoms. The number of ether oxygens (including phenoxy) is 2. The van der Waals surface area contributed by atoms with Crippen molar-refractivity contribution in [2.75, 3.05) is 25.6 Å². The molecule has 0 radical (unpaired) electrons. The van der Waals surface area contributed by atoms with Crippen molar-refractivity contribution in [1.82, 2.24) is 10.2 Å². The highest BCUT2D eigenvalue weighted by Crippen LogP contribution is 2.27. The van der Waals surface area contributed by atoms with E-state index >= 15 is 0 Å². The minimum absolute atomic E-state index is 0.0191. The molecule has 0 unspecified atom stereocenters. The van der Waals surface area contributed by atoms with Crippen LogP contribution in [0.5, 0.6) is 11.5 Å². The summed E-state index contributed by atoms with van der Waals surface area (Å²) in [5.41, 5.74) is 1.22. The van der Waals surface area contributed by atoms with Crippen LogP contribution in [0.1, 0.15) is 22.8 Å². The first-order valence-corrected chi connectivity index (χ1v) is 9.61. The van der Waals surface area contributed by atoms with Crippen molar-refractivity contribution < 1.29 is 33.8 Å². The van der Waals surface area contributed by atoms with Gasteiger partial charge in [-0.3, -0.25) is 9.59 Å². The molecule has 0 aliphatic carbocycles. The summed E-state index contributed by atoms with van der Waals surface area (Å²) in [5, 5.41) is 14.6. The number of carbonyl (C=O) groups excluding carboxylic acids is 4. The van der Waals surface area contributed by atoms with Crippen molar-refractivity contribution in [3.8, 4) is 11.5 Å². The van der Waals surface area contributed by atoms with Crippen LogP contribution >= 0.6 is 0 Å². The van der Waals surface area contributed by atoms with Crippen LogP contribution in [0.4, 0.5) is 10.5 Å². The minimum Gasteiger partial charge on any atom is -0.504 e. The van der Waals surface area contributed by atoms with Gasteiger partial charge in [0.15, 0.2) is 11.5 Å². The monoisotopic (exact) mass is 439 g/mol. The predicted molar refractivity (Wildman–Crippen MR) is 114 cm³/mol. The molecule has 10 heteroatoms. The van der Waals surface area contributed by atoms with Gasteiger partial charge in [0, 0.05) is 5.69 Å². The summed E-state index contributed by atoms with van der Waals surface area (Å²) < 4.78 is 9.91. The lowest BCUT2D eigenvalue weighted by Crippen LogP contribution is -2.38. The summed E-state index contributed by atoms with van der Waals surface area (Å²) >= 11 is 0. The summed E-state index contributed by atoms with van der Waals surface area (Å²) in [5.74, 6) is -1.60. The van der Waals surface area contributed by atoms with Gasteiger partial charge in [0.1, 0.15) is 12.2 Å². The van der Waals surface area contributed by atoms with E-state index in [0.717, 1.165) is 4.90 Å². The molecular formula is C22H21N3O7. The lowest BCUT2D eigenvalue weighted by Gasteiger charge is -2.12. The maximum absolute atomic E-state index is 12.6. The molecule has 10 nitrogen and oxygen atoms in total. The van der Waals surface area contributed by atoms with Gasteiger partial charge in [-0.25, -0.2) is 14.5 Å². The largest absolute Gasteiger partial charge is 0.504 e. The zero-order valence-corrected chi connectivity index (χ0v) is 17.4. The van der Waals surface area contributed by atoms with E-state index in [9.17, 15) is 24.3 Å². The number of urea groups is 1. The van der Waals surface area contributed by atoms with E-state index in [4.69, 9.17) is 9.47 Å². The molecule has 0 bridgehead atoms. The molecule has 3 N–H and O–H groups in total. The zero-order chi connectivity index (χ0) is 23.3. The lowest BCUT2D eigenvalue weighted by molar-refractivity contribution is -0.127. The van der Waals surface area contributed by atoms with E-state index in [1.165, 1.54) is 49.6 Å².